The van der Waals surface area contributed by atoms with Crippen LogP contribution in [0, 0.1) is 0 Å². The maximum absolute atomic E-state index is 14.6. The number of carboxylic acids is 1. The summed E-state index contributed by atoms with van der Waals surface area (Å²) >= 11 is 0. The number of aromatic carboxylic acids is 1. The van der Waals surface area contributed by atoms with Gasteiger partial charge in [-0.1, -0.05) is 13.8 Å². The van der Waals surface area contributed by atoms with Crippen LogP contribution in [0.4, 0.5) is 31.9 Å². The van der Waals surface area contributed by atoms with E-state index in [0.717, 1.165) is 4.90 Å². The molecule has 2 N–H and O–H groups in total. The molecule has 1 aliphatic heterocycles. The third-order valence-electron chi connectivity index (χ3n) is 5.45. The average Bonchev–Trinajstić information content (AvgIpc) is 2.84. The van der Waals surface area contributed by atoms with Crippen molar-refractivity contribution in [3.8, 4) is 5.75 Å². The van der Waals surface area contributed by atoms with Gasteiger partial charge in [0.2, 0.25) is 5.95 Å². The van der Waals surface area contributed by atoms with Gasteiger partial charge in [0.25, 0.3) is 5.91 Å². The Hall–Kier alpha value is -3.50. The molecule has 0 aliphatic carbocycles. The normalized spacial score (nSPS) is 15.4. The van der Waals surface area contributed by atoms with Crippen molar-refractivity contribution in [2.75, 3.05) is 35.8 Å². The number of rotatable bonds is 7. The molecular formula is C21H25F2N5O4. The van der Waals surface area contributed by atoms with Crippen molar-refractivity contribution in [2.24, 2.45) is 0 Å². The van der Waals surface area contributed by atoms with Crippen molar-refractivity contribution in [3.63, 3.8) is 0 Å². The lowest BCUT2D eigenvalue weighted by Crippen LogP contribution is -2.48. The number of anilines is 4. The first-order valence-corrected chi connectivity index (χ1v) is 10.1. The fourth-order valence-corrected chi connectivity index (χ4v) is 3.67. The number of fused-ring (bicyclic) bond motifs is 1. The minimum atomic E-state index is -3.58. The maximum atomic E-state index is 14.6. The predicted molar refractivity (Wildman–Crippen MR) is 115 cm³/mol. The highest BCUT2D eigenvalue weighted by Gasteiger charge is 2.48. The number of alkyl halides is 2. The van der Waals surface area contributed by atoms with Crippen LogP contribution in [-0.4, -0.2) is 59.6 Å². The number of carbonyl (C=O) groups is 2. The van der Waals surface area contributed by atoms with Crippen LogP contribution in [0.3, 0.4) is 0 Å². The molecule has 0 saturated carbocycles. The van der Waals surface area contributed by atoms with Gasteiger partial charge in [-0.2, -0.15) is 13.8 Å². The van der Waals surface area contributed by atoms with Gasteiger partial charge in [-0.25, -0.2) is 9.78 Å². The lowest BCUT2D eigenvalue weighted by atomic mass is 10.1. The Labute approximate surface area is 184 Å². The van der Waals surface area contributed by atoms with E-state index in [1.165, 1.54) is 43.5 Å². The minimum absolute atomic E-state index is 0.0394. The van der Waals surface area contributed by atoms with Gasteiger partial charge in [-0.05, 0) is 31.0 Å². The van der Waals surface area contributed by atoms with Crippen LogP contribution in [0.25, 0.3) is 0 Å². The molecule has 1 aromatic carbocycles. The minimum Gasteiger partial charge on any atom is -0.495 e. The van der Waals surface area contributed by atoms with E-state index in [1.807, 2.05) is 13.8 Å². The first-order chi connectivity index (χ1) is 15.1. The van der Waals surface area contributed by atoms with E-state index in [0.29, 0.717) is 18.5 Å². The number of benzene rings is 1. The average molecular weight is 449 g/mol. The summed E-state index contributed by atoms with van der Waals surface area (Å²) in [6.45, 7) is 2.98. The summed E-state index contributed by atoms with van der Waals surface area (Å²) in [5.41, 5.74) is 0.616. The number of hydrogen-bond donors (Lipinski definition) is 2. The molecule has 1 aliphatic rings. The Morgan fingerprint density at radius 3 is 2.62 bits per heavy atom. The number of amides is 1. The maximum Gasteiger partial charge on any atom is 0.342 e. The molecule has 0 atom stereocenters. The van der Waals surface area contributed by atoms with E-state index in [2.05, 4.69) is 15.3 Å². The van der Waals surface area contributed by atoms with Gasteiger partial charge >= 0.3 is 11.9 Å². The van der Waals surface area contributed by atoms with Crippen molar-refractivity contribution >= 4 is 35.0 Å². The molecular weight excluding hydrogens is 424 g/mol. The predicted octanol–water partition coefficient (Wildman–Crippen LogP) is 3.53. The highest BCUT2D eigenvalue weighted by molar-refractivity contribution is 6.02. The lowest BCUT2D eigenvalue weighted by molar-refractivity contribution is -0.140. The van der Waals surface area contributed by atoms with Crippen LogP contribution in [0.5, 0.6) is 5.75 Å². The standard InChI is InChI=1S/C21H25F2N5O4/c1-5-13(6-2)28-11-21(22,23)19(31)27(3)15-10-24-20(26-17(15)28)25-14-8-7-12(18(29)30)9-16(14)32-4/h7-10,13H,5-6,11H2,1-4H3,(H,29,30)(H,24,25,26). The molecule has 172 valence electrons. The van der Waals surface area contributed by atoms with E-state index in [9.17, 15) is 18.4 Å². The summed E-state index contributed by atoms with van der Waals surface area (Å²) in [5.74, 6) is -5.45. The Morgan fingerprint density at radius 1 is 1.34 bits per heavy atom. The number of nitrogens with zero attached hydrogens (tertiary/aromatic N) is 4. The Balaban J connectivity index is 2.07. The highest BCUT2D eigenvalue weighted by atomic mass is 19.3. The number of methoxy groups -OCH3 is 1. The van der Waals surface area contributed by atoms with Gasteiger partial charge in [0.15, 0.2) is 5.82 Å². The molecule has 0 bridgehead atoms. The third kappa shape index (κ3) is 4.27. The summed E-state index contributed by atoms with van der Waals surface area (Å²) in [6, 6.07) is 3.98. The Morgan fingerprint density at radius 2 is 2.03 bits per heavy atom. The van der Waals surface area contributed by atoms with Crippen LogP contribution in [0.2, 0.25) is 0 Å². The van der Waals surface area contributed by atoms with Crippen LogP contribution in [-0.2, 0) is 4.79 Å². The third-order valence-corrected chi connectivity index (χ3v) is 5.45. The number of ether oxygens (including phenoxy) is 1. The molecule has 0 radical (unpaired) electrons. The largest absolute Gasteiger partial charge is 0.495 e. The van der Waals surface area contributed by atoms with Gasteiger partial charge in [0.05, 0.1) is 31.1 Å². The summed E-state index contributed by atoms with van der Waals surface area (Å²) in [7, 11) is 2.66. The summed E-state index contributed by atoms with van der Waals surface area (Å²) < 4.78 is 34.5. The smallest absolute Gasteiger partial charge is 0.342 e. The van der Waals surface area contributed by atoms with Gasteiger partial charge in [0.1, 0.15) is 11.4 Å². The molecule has 11 heteroatoms. The quantitative estimate of drug-likeness (QED) is 0.661. The summed E-state index contributed by atoms with van der Waals surface area (Å²) in [5, 5.41) is 12.1. The molecule has 9 nitrogen and oxygen atoms in total. The summed E-state index contributed by atoms with van der Waals surface area (Å²) in [4.78, 5) is 34.5. The van der Waals surface area contributed by atoms with Gasteiger partial charge in [0, 0.05) is 13.1 Å². The molecule has 2 aromatic rings. The van der Waals surface area contributed by atoms with Gasteiger partial charge in [-0.3, -0.25) is 4.79 Å². The number of hydrogen-bond acceptors (Lipinski definition) is 7. The highest BCUT2D eigenvalue weighted by Crippen LogP contribution is 2.38. The number of halogens is 2. The topological polar surface area (TPSA) is 108 Å². The zero-order chi connectivity index (χ0) is 23.6. The number of carbonyl (C=O) groups excluding carboxylic acids is 1. The summed E-state index contributed by atoms with van der Waals surface area (Å²) in [6.07, 6.45) is 2.49. The van der Waals surface area contributed by atoms with E-state index < -0.39 is 24.3 Å². The van der Waals surface area contributed by atoms with Crippen molar-refractivity contribution in [1.29, 1.82) is 0 Å². The van der Waals surface area contributed by atoms with E-state index in [4.69, 9.17) is 9.84 Å². The van der Waals surface area contributed by atoms with Crippen LogP contribution in [0.1, 0.15) is 37.0 Å². The second-order valence-electron chi connectivity index (χ2n) is 7.41. The monoisotopic (exact) mass is 449 g/mol. The van der Waals surface area contributed by atoms with Crippen molar-refractivity contribution in [1.82, 2.24) is 9.97 Å². The first-order valence-electron chi connectivity index (χ1n) is 10.1. The molecule has 0 fully saturated rings. The molecule has 1 aromatic heterocycles. The van der Waals surface area contributed by atoms with E-state index in [-0.39, 0.29) is 34.8 Å². The zero-order valence-electron chi connectivity index (χ0n) is 18.2. The number of aromatic nitrogens is 2. The van der Waals surface area contributed by atoms with E-state index in [1.54, 1.807) is 0 Å². The van der Waals surface area contributed by atoms with Crippen LogP contribution >= 0.6 is 0 Å². The van der Waals surface area contributed by atoms with Crippen LogP contribution < -0.4 is 19.9 Å². The van der Waals surface area contributed by atoms with Gasteiger partial charge in [-0.15, -0.1) is 0 Å². The molecule has 3 rings (SSSR count). The lowest BCUT2D eigenvalue weighted by Gasteiger charge is -2.32. The number of carboxylic acid groups (broad SMARTS) is 1. The Kier molecular flexibility index (Phi) is 6.47. The van der Waals surface area contributed by atoms with Crippen molar-refractivity contribution in [3.05, 3.63) is 30.0 Å². The van der Waals surface area contributed by atoms with Crippen molar-refractivity contribution < 1.29 is 28.2 Å². The second kappa shape index (κ2) is 8.93. The zero-order valence-corrected chi connectivity index (χ0v) is 18.2. The molecule has 2 heterocycles. The molecule has 32 heavy (non-hydrogen) atoms. The molecule has 0 saturated heterocycles. The number of nitrogens with one attached hydrogen (secondary N) is 1. The molecule has 0 unspecified atom stereocenters. The fraction of sp³-hybridized carbons (Fsp3) is 0.429. The van der Waals surface area contributed by atoms with Crippen LogP contribution in [0.15, 0.2) is 24.4 Å². The fourth-order valence-electron chi connectivity index (χ4n) is 3.67. The Bertz CT molecular complexity index is 1030. The molecule has 1 amide bonds. The van der Waals surface area contributed by atoms with Gasteiger partial charge < -0.3 is 25.0 Å². The molecule has 0 spiro atoms. The van der Waals surface area contributed by atoms with Crippen molar-refractivity contribution in [2.45, 2.75) is 38.7 Å². The first kappa shape index (κ1) is 23.2. The second-order valence-corrected chi connectivity index (χ2v) is 7.41. The SMILES string of the molecule is CCC(CC)N1CC(F)(F)C(=O)N(C)c2cnc(Nc3ccc(C(=O)O)cc3OC)nc21. The van der Waals surface area contributed by atoms with E-state index >= 15 is 0 Å².